The minimum atomic E-state index is -0.942. The van der Waals surface area contributed by atoms with E-state index in [2.05, 4.69) is 15.6 Å². The van der Waals surface area contributed by atoms with Crippen molar-refractivity contribution < 1.29 is 42.6 Å². The highest BCUT2D eigenvalue weighted by molar-refractivity contribution is 6.45. The van der Waals surface area contributed by atoms with E-state index in [0.717, 1.165) is 11.0 Å². The zero-order valence-corrected chi connectivity index (χ0v) is 30.9. The van der Waals surface area contributed by atoms with Gasteiger partial charge in [0, 0.05) is 69.3 Å². The van der Waals surface area contributed by atoms with E-state index in [4.69, 9.17) is 9.47 Å². The van der Waals surface area contributed by atoms with Crippen molar-refractivity contribution in [3.8, 4) is 0 Å². The molecule has 2 heterocycles. The van der Waals surface area contributed by atoms with E-state index in [1.54, 1.807) is 13.8 Å². The average Bonchev–Trinajstić information content (AvgIpc) is 3.58. The lowest BCUT2D eigenvalue weighted by Crippen LogP contribution is -2.52. The second kappa shape index (κ2) is 21.2. The molecule has 4 rings (SSSR count). The van der Waals surface area contributed by atoms with Gasteiger partial charge in [0.1, 0.15) is 11.7 Å². The number of piperazine rings is 1. The third kappa shape index (κ3) is 11.7. The van der Waals surface area contributed by atoms with Crippen LogP contribution in [0, 0.1) is 5.82 Å². The Morgan fingerprint density at radius 3 is 1.93 bits per heavy atom. The number of fused-ring (bicyclic) bond motifs is 1. The number of hydrogen-bond acceptors (Lipinski definition) is 8. The van der Waals surface area contributed by atoms with E-state index >= 15 is 4.39 Å². The van der Waals surface area contributed by atoms with Crippen LogP contribution in [-0.2, 0) is 23.9 Å². The zero-order valence-electron chi connectivity index (χ0n) is 30.9. The fourth-order valence-corrected chi connectivity index (χ4v) is 6.09. The van der Waals surface area contributed by atoms with Gasteiger partial charge >= 0.3 is 24.0 Å². The first-order chi connectivity index (χ1) is 26.1. The molecule has 3 aromatic rings. The van der Waals surface area contributed by atoms with Crippen LogP contribution in [0.3, 0.4) is 0 Å². The molecule has 15 heteroatoms. The maximum atomic E-state index is 15.2. The number of urea groups is 1. The van der Waals surface area contributed by atoms with Crippen LogP contribution in [-0.4, -0.2) is 108 Å². The van der Waals surface area contributed by atoms with E-state index in [0.29, 0.717) is 76.1 Å². The van der Waals surface area contributed by atoms with E-state index in [1.807, 2.05) is 35.2 Å². The van der Waals surface area contributed by atoms with Gasteiger partial charge in [-0.15, -0.1) is 0 Å². The number of nitrogens with one attached hydrogen (secondary N) is 2. The molecule has 54 heavy (non-hydrogen) atoms. The molecule has 0 bridgehead atoms. The first-order valence-corrected chi connectivity index (χ1v) is 18.5. The molecule has 1 aliphatic heterocycles. The van der Waals surface area contributed by atoms with Gasteiger partial charge in [0.25, 0.3) is 11.7 Å². The molecular weight excluding hydrogens is 699 g/mol. The highest BCUT2D eigenvalue weighted by atomic mass is 19.1. The van der Waals surface area contributed by atoms with Crippen LogP contribution >= 0.6 is 0 Å². The number of halogens is 1. The maximum absolute atomic E-state index is 15.2. The number of unbranched alkanes of at least 4 members (excludes halogenated alkanes) is 4. The molecule has 0 atom stereocenters. The van der Waals surface area contributed by atoms with Gasteiger partial charge in [0.15, 0.2) is 0 Å². The molecule has 1 saturated heterocycles. The molecule has 0 saturated carbocycles. The van der Waals surface area contributed by atoms with Gasteiger partial charge in [0.2, 0.25) is 0 Å². The molecule has 1 aliphatic rings. The second-order valence-corrected chi connectivity index (χ2v) is 12.7. The van der Waals surface area contributed by atoms with Crippen molar-refractivity contribution in [1.29, 1.82) is 0 Å². The number of benzene rings is 2. The van der Waals surface area contributed by atoms with Gasteiger partial charge in [-0.3, -0.25) is 23.7 Å². The molecule has 0 radical (unpaired) electrons. The molecule has 290 valence electrons. The largest absolute Gasteiger partial charge is 0.466 e. The van der Waals surface area contributed by atoms with Crippen molar-refractivity contribution in [3.63, 3.8) is 0 Å². The fraction of sp³-hybridized carbons (Fsp3) is 0.462. The molecule has 4 amide bonds. The number of carbonyl (C=O) groups excluding carboxylic acids is 6. The average molecular weight is 749 g/mol. The van der Waals surface area contributed by atoms with Crippen LogP contribution in [0.15, 0.2) is 59.7 Å². The van der Waals surface area contributed by atoms with E-state index < -0.39 is 29.6 Å². The molecule has 2 N–H and O–H groups in total. The summed E-state index contributed by atoms with van der Waals surface area (Å²) in [6.45, 7) is 5.66. The minimum absolute atomic E-state index is 0.123. The topological polar surface area (TPSA) is 169 Å². The van der Waals surface area contributed by atoms with Crippen molar-refractivity contribution in [3.05, 3.63) is 71.7 Å². The number of ether oxygens (including phenoxy) is 2. The Kier molecular flexibility index (Phi) is 16.2. The lowest BCUT2D eigenvalue weighted by molar-refractivity contribution is -0.144. The first kappa shape index (κ1) is 41.2. The molecule has 0 spiro atoms. The Hall–Kier alpha value is -5.60. The van der Waals surface area contributed by atoms with Crippen LogP contribution in [0.25, 0.3) is 10.9 Å². The van der Waals surface area contributed by atoms with Crippen molar-refractivity contribution in [2.75, 3.05) is 52.5 Å². The summed E-state index contributed by atoms with van der Waals surface area (Å²) in [6, 6.07) is 12.2. The van der Waals surface area contributed by atoms with Gasteiger partial charge in [-0.05, 0) is 51.7 Å². The van der Waals surface area contributed by atoms with Gasteiger partial charge in [-0.2, -0.15) is 4.99 Å². The summed E-state index contributed by atoms with van der Waals surface area (Å²) in [7, 11) is 0. The number of amidine groups is 1. The van der Waals surface area contributed by atoms with E-state index in [9.17, 15) is 28.8 Å². The highest BCUT2D eigenvalue weighted by Gasteiger charge is 2.32. The summed E-state index contributed by atoms with van der Waals surface area (Å²) >= 11 is 0. The summed E-state index contributed by atoms with van der Waals surface area (Å²) < 4.78 is 26.1. The van der Waals surface area contributed by atoms with Crippen LogP contribution in [0.2, 0.25) is 0 Å². The molecule has 1 fully saturated rings. The molecular formula is C39H49FN6O8. The predicted molar refractivity (Wildman–Crippen MR) is 200 cm³/mol. The van der Waals surface area contributed by atoms with Crippen LogP contribution in [0.1, 0.15) is 81.1 Å². The van der Waals surface area contributed by atoms with Gasteiger partial charge in [0.05, 0.1) is 24.3 Å². The van der Waals surface area contributed by atoms with E-state index in [-0.39, 0.29) is 61.1 Å². The number of amides is 4. The van der Waals surface area contributed by atoms with Gasteiger partial charge < -0.3 is 29.9 Å². The summed E-state index contributed by atoms with van der Waals surface area (Å²) in [4.78, 5) is 83.8. The van der Waals surface area contributed by atoms with Gasteiger partial charge in [-0.25, -0.2) is 14.0 Å². The van der Waals surface area contributed by atoms with Crippen LogP contribution in [0.5, 0.6) is 0 Å². The Labute approximate surface area is 314 Å². The molecule has 0 aliphatic carbocycles. The monoisotopic (exact) mass is 748 g/mol. The minimum Gasteiger partial charge on any atom is -0.466 e. The predicted octanol–water partition coefficient (Wildman–Crippen LogP) is 5.07. The first-order valence-electron chi connectivity index (χ1n) is 18.5. The number of ketones is 1. The molecule has 1 aromatic heterocycles. The Morgan fingerprint density at radius 2 is 1.31 bits per heavy atom. The van der Waals surface area contributed by atoms with E-state index in [1.165, 1.54) is 29.3 Å². The normalized spacial score (nSPS) is 13.1. The summed E-state index contributed by atoms with van der Waals surface area (Å²) in [5.74, 6) is -2.60. The molecule has 2 aromatic carbocycles. The van der Waals surface area contributed by atoms with Crippen molar-refractivity contribution in [1.82, 2.24) is 25.0 Å². The van der Waals surface area contributed by atoms with Crippen molar-refractivity contribution in [2.45, 2.75) is 65.2 Å². The highest BCUT2D eigenvalue weighted by Crippen LogP contribution is 2.26. The number of esters is 2. The lowest BCUT2D eigenvalue weighted by atomic mass is 10.1. The smallest absolute Gasteiger partial charge is 0.342 e. The Bertz CT molecular complexity index is 1800. The SMILES string of the molecule is CCOC(=O)CCCCCNC(=O)N=C(c1ccccc1)N1CCN(C(=O)C(=O)c2cn(C(=O)NCCCCCC(=O)OCC)c3cccc(F)c23)CC1. The third-order valence-corrected chi connectivity index (χ3v) is 8.82. The second-order valence-electron chi connectivity index (χ2n) is 12.7. The Morgan fingerprint density at radius 1 is 0.722 bits per heavy atom. The number of nitrogens with zero attached hydrogens (tertiary/aromatic N) is 4. The Balaban J connectivity index is 1.36. The number of Topliss-reactive ketones (excluding diaryl/α,β-unsaturated/α-hetero) is 1. The number of rotatable bonds is 17. The van der Waals surface area contributed by atoms with Crippen LogP contribution in [0.4, 0.5) is 14.0 Å². The number of aliphatic imine (C=N–C) groups is 1. The number of aromatic nitrogens is 1. The van der Waals surface area contributed by atoms with Crippen molar-refractivity contribution >= 4 is 52.4 Å². The van der Waals surface area contributed by atoms with Crippen LogP contribution < -0.4 is 10.6 Å². The van der Waals surface area contributed by atoms with Crippen molar-refractivity contribution in [2.24, 2.45) is 4.99 Å². The van der Waals surface area contributed by atoms with Gasteiger partial charge in [-0.1, -0.05) is 49.2 Å². The quantitative estimate of drug-likeness (QED) is 0.0478. The lowest BCUT2D eigenvalue weighted by Gasteiger charge is -2.36. The maximum Gasteiger partial charge on any atom is 0.342 e. The fourth-order valence-electron chi connectivity index (χ4n) is 6.09. The third-order valence-electron chi connectivity index (χ3n) is 8.82. The zero-order chi connectivity index (χ0) is 38.9. The summed E-state index contributed by atoms with van der Waals surface area (Å²) in [5.41, 5.74) is 0.634. The molecule has 0 unspecified atom stereocenters. The number of hydrogen-bond donors (Lipinski definition) is 2. The summed E-state index contributed by atoms with van der Waals surface area (Å²) in [6.07, 6.45) is 5.77. The standard InChI is InChI=1S/C39H49FN6O8/c1-3-53-32(47)19-10-6-12-21-41-38(51)43-36(28-15-8-5-9-16-28)44-23-25-45(26-24-44)37(50)35(49)29-27-46(31-18-14-17-30(40)34(29)31)39(52)42-22-13-7-11-20-33(48)54-4-2/h5,8-9,14-18,27H,3-4,6-7,10-13,19-26H2,1-2H3,(H,41,51)(H,42,52). The number of carbonyl (C=O) groups is 6. The molecule has 14 nitrogen and oxygen atoms in total. The summed E-state index contributed by atoms with van der Waals surface area (Å²) in [5, 5.41) is 5.43.